The number of carbonyl (C=O) groups excluding carboxylic acids is 1. The van der Waals surface area contributed by atoms with Crippen LogP contribution in [-0.2, 0) is 20.6 Å². The van der Waals surface area contributed by atoms with Crippen molar-refractivity contribution in [2.24, 2.45) is 5.92 Å². The summed E-state index contributed by atoms with van der Waals surface area (Å²) < 4.78 is 40.6. The molecule has 0 aliphatic carbocycles. The Morgan fingerprint density at radius 3 is 2.38 bits per heavy atom. The van der Waals surface area contributed by atoms with Gasteiger partial charge in [-0.1, -0.05) is 29.8 Å². The van der Waals surface area contributed by atoms with Gasteiger partial charge in [0.05, 0.1) is 11.7 Å². The summed E-state index contributed by atoms with van der Waals surface area (Å²) >= 11 is 6.15. The highest BCUT2D eigenvalue weighted by molar-refractivity contribution is 7.88. The third kappa shape index (κ3) is 5.24. The SMILES string of the molecule is O=C([C@@H]1CCCN(S(=O)(=O)Cc2ccccc2Cl)C1)N1CCN(c2ccc(F)cc2)CC1. The molecule has 2 saturated heterocycles. The molecule has 9 heteroatoms. The lowest BCUT2D eigenvalue weighted by atomic mass is 9.97. The fraction of sp³-hybridized carbons (Fsp3) is 0.435. The van der Waals surface area contributed by atoms with Crippen molar-refractivity contribution in [1.82, 2.24) is 9.21 Å². The molecular formula is C23H27ClFN3O3S. The Morgan fingerprint density at radius 2 is 1.69 bits per heavy atom. The molecule has 2 aliphatic heterocycles. The number of hydrogen-bond acceptors (Lipinski definition) is 4. The van der Waals surface area contributed by atoms with Crippen molar-refractivity contribution in [2.75, 3.05) is 44.2 Å². The fourth-order valence-corrected chi connectivity index (χ4v) is 6.32. The number of hydrogen-bond donors (Lipinski definition) is 0. The number of piperazine rings is 1. The van der Waals surface area contributed by atoms with Crippen LogP contribution < -0.4 is 4.90 Å². The molecule has 0 bridgehead atoms. The van der Waals surface area contributed by atoms with E-state index in [-0.39, 0.29) is 29.9 Å². The number of rotatable bonds is 5. The molecule has 0 unspecified atom stereocenters. The molecule has 2 aliphatic rings. The van der Waals surface area contributed by atoms with Crippen LogP contribution in [0.5, 0.6) is 0 Å². The zero-order valence-corrected chi connectivity index (χ0v) is 19.4. The topological polar surface area (TPSA) is 60.9 Å². The molecule has 32 heavy (non-hydrogen) atoms. The van der Waals surface area contributed by atoms with Crippen molar-refractivity contribution in [1.29, 1.82) is 0 Å². The number of sulfonamides is 1. The van der Waals surface area contributed by atoms with Gasteiger partial charge < -0.3 is 9.80 Å². The van der Waals surface area contributed by atoms with Crippen LogP contribution in [-0.4, -0.2) is 62.8 Å². The summed E-state index contributed by atoms with van der Waals surface area (Å²) in [6, 6.07) is 13.3. The van der Waals surface area contributed by atoms with E-state index in [1.54, 1.807) is 36.4 Å². The minimum Gasteiger partial charge on any atom is -0.368 e. The molecule has 2 heterocycles. The number of carbonyl (C=O) groups is 1. The maximum absolute atomic E-state index is 13.2. The van der Waals surface area contributed by atoms with Gasteiger partial charge in [0.25, 0.3) is 0 Å². The molecule has 0 aromatic heterocycles. The number of anilines is 1. The number of piperidine rings is 1. The highest BCUT2D eigenvalue weighted by Gasteiger charge is 2.35. The van der Waals surface area contributed by atoms with Gasteiger partial charge in [-0.05, 0) is 48.7 Å². The van der Waals surface area contributed by atoms with E-state index < -0.39 is 10.0 Å². The number of amides is 1. The predicted molar refractivity (Wildman–Crippen MR) is 124 cm³/mol. The minimum absolute atomic E-state index is 0.0152. The Morgan fingerprint density at radius 1 is 1.00 bits per heavy atom. The van der Waals surface area contributed by atoms with Crippen molar-refractivity contribution in [3.05, 3.63) is 64.9 Å². The quantitative estimate of drug-likeness (QED) is 0.659. The van der Waals surface area contributed by atoms with Gasteiger partial charge in [-0.3, -0.25) is 4.79 Å². The van der Waals surface area contributed by atoms with Gasteiger partial charge in [0.2, 0.25) is 15.9 Å². The molecule has 1 amide bonds. The van der Waals surface area contributed by atoms with E-state index in [4.69, 9.17) is 11.6 Å². The molecule has 0 radical (unpaired) electrons. The smallest absolute Gasteiger partial charge is 0.227 e. The summed E-state index contributed by atoms with van der Waals surface area (Å²) in [5.74, 6) is -0.748. The summed E-state index contributed by atoms with van der Waals surface area (Å²) in [7, 11) is -3.57. The molecule has 6 nitrogen and oxygen atoms in total. The van der Waals surface area contributed by atoms with Crippen LogP contribution in [0.3, 0.4) is 0 Å². The summed E-state index contributed by atoms with van der Waals surface area (Å²) in [5, 5.41) is 0.430. The first-order chi connectivity index (χ1) is 15.3. The van der Waals surface area contributed by atoms with Crippen LogP contribution in [0.2, 0.25) is 5.02 Å². The molecule has 172 valence electrons. The van der Waals surface area contributed by atoms with Crippen LogP contribution in [0.4, 0.5) is 10.1 Å². The molecule has 2 aromatic rings. The lowest BCUT2D eigenvalue weighted by Gasteiger charge is -2.39. The molecule has 0 N–H and O–H groups in total. The van der Waals surface area contributed by atoms with Crippen LogP contribution in [0.25, 0.3) is 0 Å². The van der Waals surface area contributed by atoms with Crippen molar-refractivity contribution in [3.63, 3.8) is 0 Å². The van der Waals surface area contributed by atoms with E-state index >= 15 is 0 Å². The Balaban J connectivity index is 1.35. The first-order valence-electron chi connectivity index (χ1n) is 10.8. The minimum atomic E-state index is -3.57. The van der Waals surface area contributed by atoms with Gasteiger partial charge in [0.1, 0.15) is 5.82 Å². The largest absolute Gasteiger partial charge is 0.368 e. The second-order valence-corrected chi connectivity index (χ2v) is 10.7. The maximum atomic E-state index is 13.2. The maximum Gasteiger partial charge on any atom is 0.227 e. The van der Waals surface area contributed by atoms with Crippen molar-refractivity contribution in [3.8, 4) is 0 Å². The van der Waals surface area contributed by atoms with Crippen LogP contribution in [0, 0.1) is 11.7 Å². The standard InChI is InChI=1S/C23H27ClFN3O3S/c24-22-6-2-1-4-19(22)17-32(30,31)28-11-3-5-18(16-28)23(29)27-14-12-26(13-15-27)21-9-7-20(25)8-10-21/h1-2,4,6-10,18H,3,5,11-17H2/t18-/m1/s1. The third-order valence-electron chi connectivity index (χ3n) is 6.21. The van der Waals surface area contributed by atoms with Gasteiger partial charge in [0, 0.05) is 50.0 Å². The normalized spacial score (nSPS) is 20.4. The second kappa shape index (κ2) is 9.77. The van der Waals surface area contributed by atoms with E-state index in [0.29, 0.717) is 56.2 Å². The molecule has 2 fully saturated rings. The molecule has 0 saturated carbocycles. The fourth-order valence-electron chi connectivity index (χ4n) is 4.40. The Hall–Kier alpha value is -2.16. The van der Waals surface area contributed by atoms with E-state index in [1.807, 2.05) is 4.90 Å². The zero-order chi connectivity index (χ0) is 22.7. The monoisotopic (exact) mass is 479 g/mol. The van der Waals surface area contributed by atoms with E-state index in [9.17, 15) is 17.6 Å². The number of nitrogens with zero attached hydrogens (tertiary/aromatic N) is 3. The van der Waals surface area contributed by atoms with Gasteiger partial charge >= 0.3 is 0 Å². The van der Waals surface area contributed by atoms with Gasteiger partial charge in [-0.15, -0.1) is 0 Å². The number of benzene rings is 2. The number of halogens is 2. The second-order valence-electron chi connectivity index (χ2n) is 8.33. The van der Waals surface area contributed by atoms with Gasteiger partial charge in [-0.2, -0.15) is 0 Å². The van der Waals surface area contributed by atoms with E-state index in [2.05, 4.69) is 4.90 Å². The van der Waals surface area contributed by atoms with Gasteiger partial charge in [-0.25, -0.2) is 17.1 Å². The Labute approximate surface area is 193 Å². The van der Waals surface area contributed by atoms with Gasteiger partial charge in [0.15, 0.2) is 0 Å². The molecule has 0 spiro atoms. The van der Waals surface area contributed by atoms with E-state index in [0.717, 1.165) is 5.69 Å². The third-order valence-corrected chi connectivity index (χ3v) is 8.37. The van der Waals surface area contributed by atoms with E-state index in [1.165, 1.54) is 16.4 Å². The molecular weight excluding hydrogens is 453 g/mol. The van der Waals surface area contributed by atoms with Crippen molar-refractivity contribution >= 4 is 33.2 Å². The Kier molecular flexibility index (Phi) is 7.02. The summed E-state index contributed by atoms with van der Waals surface area (Å²) in [5.41, 5.74) is 1.51. The predicted octanol–water partition coefficient (Wildman–Crippen LogP) is 3.37. The average Bonchev–Trinajstić information content (AvgIpc) is 2.81. The zero-order valence-electron chi connectivity index (χ0n) is 17.8. The van der Waals surface area contributed by atoms with Crippen LogP contribution in [0.15, 0.2) is 48.5 Å². The van der Waals surface area contributed by atoms with Crippen molar-refractivity contribution in [2.45, 2.75) is 18.6 Å². The molecule has 2 aromatic carbocycles. The summed E-state index contributed by atoms with van der Waals surface area (Å²) in [6.07, 6.45) is 1.35. The molecule has 4 rings (SSSR count). The van der Waals surface area contributed by atoms with Crippen LogP contribution >= 0.6 is 11.6 Å². The highest BCUT2D eigenvalue weighted by atomic mass is 35.5. The van der Waals surface area contributed by atoms with Crippen LogP contribution in [0.1, 0.15) is 18.4 Å². The first-order valence-corrected chi connectivity index (χ1v) is 12.8. The lowest BCUT2D eigenvalue weighted by molar-refractivity contribution is -0.137. The lowest BCUT2D eigenvalue weighted by Crippen LogP contribution is -2.53. The van der Waals surface area contributed by atoms with Crippen molar-refractivity contribution < 1.29 is 17.6 Å². The molecule has 1 atom stereocenters. The Bertz CT molecular complexity index is 1060. The average molecular weight is 480 g/mol. The highest BCUT2D eigenvalue weighted by Crippen LogP contribution is 2.26. The summed E-state index contributed by atoms with van der Waals surface area (Å²) in [6.45, 7) is 3.11. The summed E-state index contributed by atoms with van der Waals surface area (Å²) in [4.78, 5) is 17.1. The first kappa shape index (κ1) is 23.0.